The molecule has 7 N–H and O–H groups in total. The molecule has 47 heteroatoms. The van der Waals surface area contributed by atoms with Gasteiger partial charge < -0.3 is 70.7 Å². The first-order valence-electron chi connectivity index (χ1n) is 44.7. The van der Waals surface area contributed by atoms with Crippen molar-refractivity contribution in [1.82, 2.24) is 64.0 Å². The van der Waals surface area contributed by atoms with Crippen molar-refractivity contribution in [1.29, 1.82) is 26.3 Å². The number of nitrogens with zero attached hydrogens (tertiary/aromatic N) is 26. The van der Waals surface area contributed by atoms with Crippen LogP contribution in [0.3, 0.4) is 0 Å². The van der Waals surface area contributed by atoms with Crippen molar-refractivity contribution in [3.63, 3.8) is 0 Å². The number of primary amides is 1. The second kappa shape index (κ2) is 49.5. The monoisotopic (exact) mass is 2080 g/mol. The summed E-state index contributed by atoms with van der Waals surface area (Å²) in [6.45, 7) is 21.6. The molecule has 7 aromatic carbocycles. The van der Waals surface area contributed by atoms with E-state index in [1.54, 1.807) is 157 Å². The number of nitrogen functional groups attached to an aromatic ring is 2. The number of hydrogen-bond donors (Lipinski definition) is 4. The number of benzene rings is 7. The number of anilines is 7. The van der Waals surface area contributed by atoms with E-state index < -0.39 is 26.5 Å². The van der Waals surface area contributed by atoms with Crippen LogP contribution in [0.2, 0.25) is 0 Å². The van der Waals surface area contributed by atoms with Crippen LogP contribution in [0.4, 0.5) is 56.2 Å². The summed E-state index contributed by atoms with van der Waals surface area (Å²) in [6.07, 6.45) is 7.99. The molecule has 0 spiro atoms. The van der Waals surface area contributed by atoms with Gasteiger partial charge in [0, 0.05) is 108 Å². The molecule has 0 aliphatic carbocycles. The van der Waals surface area contributed by atoms with Crippen LogP contribution in [0.5, 0.6) is 0 Å². The molecule has 0 saturated carbocycles. The van der Waals surface area contributed by atoms with Gasteiger partial charge in [-0.3, -0.25) is 49.7 Å². The van der Waals surface area contributed by atoms with Crippen molar-refractivity contribution in [2.24, 2.45) is 10.7 Å². The zero-order valence-corrected chi connectivity index (χ0v) is 81.4. The topological polar surface area (TPSA) is 571 Å². The lowest BCUT2D eigenvalue weighted by Crippen LogP contribution is -2.37. The molecule has 6 aliphatic rings. The minimum absolute atomic E-state index is 0.0288. The lowest BCUT2D eigenvalue weighted by molar-refractivity contribution is -0.414. The molecule has 144 heavy (non-hydrogen) atoms. The number of hydrogen-bond acceptors (Lipinski definition) is 33. The lowest BCUT2D eigenvalue weighted by atomic mass is 10.1. The van der Waals surface area contributed by atoms with E-state index in [9.17, 15) is 49.1 Å². The van der Waals surface area contributed by atoms with E-state index in [2.05, 4.69) is 113 Å². The number of carbonyl (C=O) groups excluding carboxylic acids is 3. The lowest BCUT2D eigenvalue weighted by Gasteiger charge is -2.27. The highest BCUT2D eigenvalue weighted by Gasteiger charge is 2.31. The van der Waals surface area contributed by atoms with Gasteiger partial charge in [-0.2, -0.15) is 31.4 Å². The van der Waals surface area contributed by atoms with E-state index in [1.807, 2.05) is 64.0 Å². The molecule has 0 atom stereocenters. The second-order valence-corrected chi connectivity index (χ2v) is 33.7. The Balaban J connectivity index is 0.000000144. The van der Waals surface area contributed by atoms with Gasteiger partial charge in [-0.15, -0.1) is 25.5 Å². The number of allylic oxidation sites excluding steroid dienone is 1. The van der Waals surface area contributed by atoms with Gasteiger partial charge in [0.1, 0.15) is 29.6 Å². The molecule has 6 aliphatic heterocycles. The molecule has 2 amide bonds. The summed E-state index contributed by atoms with van der Waals surface area (Å²) < 4.78 is 50.2. The molecule has 0 unspecified atom stereocenters. The average Bonchev–Trinajstić information content (AvgIpc) is 1.64. The van der Waals surface area contributed by atoms with Crippen molar-refractivity contribution in [3.05, 3.63) is 308 Å². The maximum absolute atomic E-state index is 13.5. The van der Waals surface area contributed by atoms with Gasteiger partial charge in [-0.1, -0.05) is 18.2 Å². The minimum Gasteiger partial charge on any atom is -0.394 e. The van der Waals surface area contributed by atoms with Gasteiger partial charge in [0.25, 0.3) is 17.5 Å². The van der Waals surface area contributed by atoms with Crippen LogP contribution >= 0.6 is 31.9 Å². The Morgan fingerprint density at radius 1 is 0.438 bits per heavy atom. The van der Waals surface area contributed by atoms with Crippen LogP contribution < -0.4 is 47.0 Å². The quantitative estimate of drug-likeness (QED) is 0.0332. The van der Waals surface area contributed by atoms with Gasteiger partial charge >= 0.3 is 11.4 Å². The van der Waals surface area contributed by atoms with E-state index in [0.717, 1.165) is 104 Å². The molecule has 13 aromatic rings. The third-order valence-electron chi connectivity index (χ3n) is 22.7. The smallest absolute Gasteiger partial charge is 0.331 e. The van der Waals surface area contributed by atoms with Crippen molar-refractivity contribution >= 4 is 106 Å². The fourth-order valence-corrected chi connectivity index (χ4v) is 16.1. The molecule has 12 heterocycles. The predicted octanol–water partition coefficient (Wildman–Crippen LogP) is 11.8. The predicted molar refractivity (Wildman–Crippen MR) is 537 cm³/mol. The highest BCUT2D eigenvalue weighted by atomic mass is 79.9. The summed E-state index contributed by atoms with van der Waals surface area (Å²) in [4.78, 5) is 81.2. The van der Waals surface area contributed by atoms with E-state index in [4.69, 9.17) is 67.2 Å². The van der Waals surface area contributed by atoms with Crippen LogP contribution in [0.1, 0.15) is 88.3 Å². The van der Waals surface area contributed by atoms with Crippen LogP contribution in [0.15, 0.2) is 210 Å². The highest BCUT2D eigenvalue weighted by molar-refractivity contribution is 9.18. The van der Waals surface area contributed by atoms with Crippen LogP contribution in [0, 0.1) is 114 Å². The number of ether oxygens (including phenoxy) is 5. The molecule has 5 saturated heterocycles. The SMILES string of the molecule is CC(=O)c1c(C)c(N2CCOCC2)nn1-c1ccc(C#N)cc1.Cc1ccc(F)cc1C(=O)NCc1ccc(-n2nc(N3CCOCC3)c(N)c2C(N)=O)cc1.Cc1cn(-c2ccc(C#N)cc2)nc1N1CCOCC1.N#Cc1ccc(-n2cc(N)c(N3CCOCC3)n2)cc1.N#Cc1ccc(-n2cc([N+](=O)[O-])c(Br)n2)cc1.N#Cc1ccc(-n2cc([N+](=O)[O-])c(N3CCOCC3)n2)cc1.O=[N+]([O-])C1=CCN=C1Br. The number of nitrogens with one attached hydrogen (secondary N) is 1. The Morgan fingerprint density at radius 3 is 1.19 bits per heavy atom. The molecule has 5 fully saturated rings. The van der Waals surface area contributed by atoms with Gasteiger partial charge in [-0.25, -0.2) is 32.5 Å². The van der Waals surface area contributed by atoms with Gasteiger partial charge in [0.05, 0.1) is 192 Å². The zero-order valence-electron chi connectivity index (χ0n) is 78.2. The Hall–Kier alpha value is -17.2. The van der Waals surface area contributed by atoms with Crippen molar-refractivity contribution in [2.45, 2.75) is 34.2 Å². The summed E-state index contributed by atoms with van der Waals surface area (Å²) in [5.74, 6) is 1.93. The summed E-state index contributed by atoms with van der Waals surface area (Å²) in [5.41, 5.74) is 30.6. The van der Waals surface area contributed by atoms with Crippen molar-refractivity contribution < 1.29 is 57.2 Å². The van der Waals surface area contributed by atoms with Crippen LogP contribution in [0.25, 0.3) is 34.1 Å². The summed E-state index contributed by atoms with van der Waals surface area (Å²) in [6, 6.07) is 56.6. The fraction of sp³-hybridized carbons (Fsp3) is 0.268. The van der Waals surface area contributed by atoms with Gasteiger partial charge in [0.2, 0.25) is 10.4 Å². The number of carbonyl (C=O) groups is 3. The first-order valence-corrected chi connectivity index (χ1v) is 46.3. The van der Waals surface area contributed by atoms with Gasteiger partial charge in [0.15, 0.2) is 39.4 Å². The molecule has 0 bridgehead atoms. The van der Waals surface area contributed by atoms with Gasteiger partial charge in [-0.05, 0) is 209 Å². The minimum atomic E-state index is -0.679. The number of nitro groups is 3. The Morgan fingerprint density at radius 2 is 0.799 bits per heavy atom. The number of amides is 2. The molecule has 19 rings (SSSR count). The van der Waals surface area contributed by atoms with Crippen LogP contribution in [-0.4, -0.2) is 234 Å². The van der Waals surface area contributed by atoms with E-state index >= 15 is 0 Å². The first kappa shape index (κ1) is 104. The first-order chi connectivity index (χ1) is 69.5. The number of aryl methyl sites for hydroxylation is 2. The summed E-state index contributed by atoms with van der Waals surface area (Å²) in [5, 5.41) is 105. The number of nitrogens with two attached hydrogens (primary N) is 3. The second-order valence-electron chi connectivity index (χ2n) is 32.2. The number of rotatable bonds is 19. The fourth-order valence-electron chi connectivity index (χ4n) is 15.3. The number of nitriles is 5. The summed E-state index contributed by atoms with van der Waals surface area (Å²) in [7, 11) is 0. The third kappa shape index (κ3) is 26.5. The molecule has 44 nitrogen and oxygen atoms in total. The molecular formula is C97H95Br2FN30O14. The average molecular weight is 2080 g/mol. The Bertz CT molecular complexity index is 6940. The number of aromatic nitrogens is 12. The third-order valence-corrected chi connectivity index (χ3v) is 23.9. The standard InChI is InChI=1S/C23H25FN6O3.C17H18N4O2.C15H16N4O.C14H13N5O3.C14H15N5O.C10H5BrN4O2.C4H3BrN2O2/c1-14-2-5-16(24)12-18(14)23(32)27-13-15-3-6-17(7-4-15)30-20(21(26)31)19(25)22(28-30)29-8-10-33-11-9-29;1-12-16(13(2)22)21(15-5-3-14(11-18)4-6-15)19-17(12)20-7-9-23-10-8-20;1-12-11-19(14-4-2-13(10-16)3-5-14)17-15(12)18-6-8-20-9-7-18;15-9-11-1-3-12(4-2-11)18-10-13(19(20)21)14(16-18)17-5-7-22-8-6-17;15-9-11-1-3-12(4-2-11)19-10-13(16)14(17-19)18-5-7-20-8-6-18;11-10-9(15(16)17)6-14(13-10)8-3-1-7(5-12)2-4-8;5-4-3(7(8)9)1-2-6-4/h2-7,12H,8-11,13,25H2,1H3,(H2,26,31)(H,27,32);3-6H,7-10H2,1-2H3;2-5,11H,6-9H2,1H3;1-4,10H,5-8H2;1-4,10H,5-8,16H2;1-4,6H;1H,2H2. The number of aliphatic imine (C=N–C) groups is 1. The molecular weight excluding hydrogens is 1990 g/mol. The molecule has 738 valence electrons. The number of halogens is 3. The molecule has 0 radical (unpaired) electrons. The van der Waals surface area contributed by atoms with Crippen molar-refractivity contribution in [3.8, 4) is 64.5 Å². The van der Waals surface area contributed by atoms with E-state index in [1.165, 1.54) is 44.6 Å². The highest BCUT2D eigenvalue weighted by Crippen LogP contribution is 2.34. The van der Waals surface area contributed by atoms with E-state index in [-0.39, 0.29) is 51.3 Å². The number of ketones is 1. The largest absolute Gasteiger partial charge is 0.394 e. The summed E-state index contributed by atoms with van der Waals surface area (Å²) >= 11 is 5.96. The Labute approximate surface area is 840 Å². The van der Waals surface area contributed by atoms with Crippen molar-refractivity contribution in [2.75, 3.05) is 174 Å². The maximum Gasteiger partial charge on any atom is 0.331 e. The normalized spacial score (nSPS) is 14.1. The van der Waals surface area contributed by atoms with E-state index in [0.29, 0.717) is 169 Å². The van der Waals surface area contributed by atoms with Crippen LogP contribution in [-0.2, 0) is 30.2 Å². The number of morpholine rings is 5. The molecule has 6 aromatic heterocycles. The zero-order chi connectivity index (χ0) is 103. The Kier molecular flexibility index (Phi) is 35.8. The maximum atomic E-state index is 13.5. The number of Topliss-reactive ketones (excluding diaryl/α,β-unsaturated/α-hetero) is 1.